The molecule has 2 heterocycles. The van der Waals surface area contributed by atoms with Crippen molar-refractivity contribution in [2.24, 2.45) is 0 Å². The predicted octanol–water partition coefficient (Wildman–Crippen LogP) is 1.85. The molecule has 1 fully saturated rings. The molecule has 2 aliphatic heterocycles. The van der Waals surface area contributed by atoms with Gasteiger partial charge in [0.1, 0.15) is 17.5 Å². The number of carbonyl (C=O) groups is 1. The highest BCUT2D eigenvalue weighted by molar-refractivity contribution is 5.80. The molecule has 0 spiro atoms. The first-order chi connectivity index (χ1) is 8.94. The molecule has 0 aliphatic carbocycles. The zero-order chi connectivity index (χ0) is 13.6. The monoisotopic (exact) mass is 260 g/mol. The van der Waals surface area contributed by atoms with Crippen molar-refractivity contribution < 1.29 is 9.53 Å². The maximum atomic E-state index is 11.4. The Kier molecular flexibility index (Phi) is 2.78. The van der Waals surface area contributed by atoms with Crippen LogP contribution in [0, 0.1) is 0 Å². The number of aryl methyl sites for hydroxylation is 1. The van der Waals surface area contributed by atoms with Crippen molar-refractivity contribution in [2.75, 3.05) is 13.6 Å². The molecule has 1 aromatic carbocycles. The van der Waals surface area contributed by atoms with Crippen molar-refractivity contribution in [3.05, 3.63) is 29.3 Å². The van der Waals surface area contributed by atoms with Crippen molar-refractivity contribution in [3.63, 3.8) is 0 Å². The molecule has 19 heavy (non-hydrogen) atoms. The third kappa shape index (κ3) is 2.32. The first-order valence-electron chi connectivity index (χ1n) is 6.76. The summed E-state index contributed by atoms with van der Waals surface area (Å²) in [5.41, 5.74) is 2.30. The molecule has 3 rings (SSSR count). The fourth-order valence-electron chi connectivity index (χ4n) is 2.81. The Balaban J connectivity index is 1.88. The molecule has 1 amide bonds. The summed E-state index contributed by atoms with van der Waals surface area (Å²) in [5.74, 6) is 1.06. The lowest BCUT2D eigenvalue weighted by atomic mass is 9.93. The zero-order valence-electron chi connectivity index (χ0n) is 11.7. The largest absolute Gasteiger partial charge is 0.488 e. The number of benzene rings is 1. The number of hydrogen-bond donors (Lipinski definition) is 1. The van der Waals surface area contributed by atoms with Crippen molar-refractivity contribution in [1.82, 2.24) is 10.2 Å². The second kappa shape index (κ2) is 4.23. The van der Waals surface area contributed by atoms with E-state index in [4.69, 9.17) is 4.74 Å². The van der Waals surface area contributed by atoms with Crippen LogP contribution in [-0.2, 0) is 11.2 Å². The highest BCUT2D eigenvalue weighted by Crippen LogP contribution is 2.35. The van der Waals surface area contributed by atoms with Crippen LogP contribution in [0.5, 0.6) is 5.75 Å². The average Bonchev–Trinajstić information content (AvgIpc) is 2.67. The third-order valence-corrected chi connectivity index (χ3v) is 3.91. The highest BCUT2D eigenvalue weighted by Gasteiger charge is 2.30. The van der Waals surface area contributed by atoms with Crippen LogP contribution < -0.4 is 10.1 Å². The van der Waals surface area contributed by atoms with Gasteiger partial charge in [0.15, 0.2) is 0 Å². The van der Waals surface area contributed by atoms with Gasteiger partial charge in [-0.25, -0.2) is 0 Å². The van der Waals surface area contributed by atoms with Crippen molar-refractivity contribution in [2.45, 2.75) is 38.5 Å². The summed E-state index contributed by atoms with van der Waals surface area (Å²) in [6.07, 6.45) is 2.05. The SMILES string of the molecule is CN1CC(=O)NC1c1ccc2c(c1)CCC(C)(C)O2. The second-order valence-corrected chi connectivity index (χ2v) is 6.11. The van der Waals surface area contributed by atoms with Gasteiger partial charge in [-0.1, -0.05) is 6.07 Å². The van der Waals surface area contributed by atoms with Gasteiger partial charge >= 0.3 is 0 Å². The van der Waals surface area contributed by atoms with E-state index in [-0.39, 0.29) is 17.7 Å². The zero-order valence-corrected chi connectivity index (χ0v) is 11.7. The smallest absolute Gasteiger partial charge is 0.235 e. The van der Waals surface area contributed by atoms with E-state index in [1.807, 2.05) is 24.1 Å². The van der Waals surface area contributed by atoms with E-state index in [1.54, 1.807) is 0 Å². The Labute approximate surface area is 113 Å². The number of nitrogens with zero attached hydrogens (tertiary/aromatic N) is 1. The van der Waals surface area contributed by atoms with Gasteiger partial charge in [-0.05, 0) is 57.0 Å². The van der Waals surface area contributed by atoms with Gasteiger partial charge in [-0.15, -0.1) is 0 Å². The van der Waals surface area contributed by atoms with Gasteiger partial charge in [-0.3, -0.25) is 9.69 Å². The summed E-state index contributed by atoms with van der Waals surface area (Å²) in [6, 6.07) is 6.24. The van der Waals surface area contributed by atoms with E-state index in [0.717, 1.165) is 24.2 Å². The van der Waals surface area contributed by atoms with E-state index < -0.39 is 0 Å². The van der Waals surface area contributed by atoms with Crippen molar-refractivity contribution >= 4 is 5.91 Å². The molecular weight excluding hydrogens is 240 g/mol. The summed E-state index contributed by atoms with van der Waals surface area (Å²) in [7, 11) is 1.96. The number of likely N-dealkylation sites (N-methyl/N-ethyl adjacent to an activating group) is 1. The lowest BCUT2D eigenvalue weighted by Crippen LogP contribution is -2.33. The summed E-state index contributed by atoms with van der Waals surface area (Å²) in [4.78, 5) is 13.5. The minimum atomic E-state index is -0.0765. The Morgan fingerprint density at radius 2 is 2.21 bits per heavy atom. The fraction of sp³-hybridized carbons (Fsp3) is 0.533. The molecule has 4 nitrogen and oxygen atoms in total. The highest BCUT2D eigenvalue weighted by atomic mass is 16.5. The van der Waals surface area contributed by atoms with Gasteiger partial charge in [0.25, 0.3) is 0 Å². The van der Waals surface area contributed by atoms with Gasteiger partial charge < -0.3 is 10.1 Å². The van der Waals surface area contributed by atoms with E-state index in [2.05, 4.69) is 25.2 Å². The summed E-state index contributed by atoms with van der Waals surface area (Å²) >= 11 is 0. The standard InChI is InChI=1S/C15H20N2O2/c1-15(2)7-6-10-8-11(4-5-12(10)19-15)14-16-13(18)9-17(14)3/h4-5,8,14H,6-7,9H2,1-3H3,(H,16,18). The van der Waals surface area contributed by atoms with Crippen LogP contribution in [0.2, 0.25) is 0 Å². The Hall–Kier alpha value is -1.55. The molecule has 0 bridgehead atoms. The maximum Gasteiger partial charge on any atom is 0.235 e. The average molecular weight is 260 g/mol. The van der Waals surface area contributed by atoms with Gasteiger partial charge in [0.2, 0.25) is 5.91 Å². The minimum Gasteiger partial charge on any atom is -0.488 e. The Bertz CT molecular complexity index is 525. The van der Waals surface area contributed by atoms with Gasteiger partial charge in [0, 0.05) is 0 Å². The first-order valence-corrected chi connectivity index (χ1v) is 6.76. The van der Waals surface area contributed by atoms with Crippen molar-refractivity contribution in [3.8, 4) is 5.75 Å². The topological polar surface area (TPSA) is 41.6 Å². The normalized spacial score (nSPS) is 25.6. The molecule has 1 unspecified atom stereocenters. The van der Waals surface area contributed by atoms with Crippen LogP contribution in [-0.4, -0.2) is 30.0 Å². The van der Waals surface area contributed by atoms with E-state index in [1.165, 1.54) is 5.56 Å². The molecule has 0 saturated carbocycles. The maximum absolute atomic E-state index is 11.4. The van der Waals surface area contributed by atoms with Crippen LogP contribution in [0.4, 0.5) is 0 Å². The molecular formula is C15H20N2O2. The number of hydrogen-bond acceptors (Lipinski definition) is 3. The number of ether oxygens (including phenoxy) is 1. The molecule has 1 saturated heterocycles. The Morgan fingerprint density at radius 1 is 1.42 bits per heavy atom. The lowest BCUT2D eigenvalue weighted by Gasteiger charge is -2.33. The molecule has 102 valence electrons. The van der Waals surface area contributed by atoms with Gasteiger partial charge in [-0.2, -0.15) is 0 Å². The molecule has 0 aromatic heterocycles. The third-order valence-electron chi connectivity index (χ3n) is 3.91. The van der Waals surface area contributed by atoms with E-state index >= 15 is 0 Å². The quantitative estimate of drug-likeness (QED) is 0.838. The van der Waals surface area contributed by atoms with E-state index in [0.29, 0.717) is 6.54 Å². The summed E-state index contributed by atoms with van der Waals surface area (Å²) < 4.78 is 5.98. The molecule has 1 aromatic rings. The molecule has 4 heteroatoms. The van der Waals surface area contributed by atoms with Crippen LogP contribution in [0.1, 0.15) is 37.6 Å². The lowest BCUT2D eigenvalue weighted by molar-refractivity contribution is -0.118. The summed E-state index contributed by atoms with van der Waals surface area (Å²) in [5, 5.41) is 2.99. The van der Waals surface area contributed by atoms with Crippen LogP contribution in [0.25, 0.3) is 0 Å². The van der Waals surface area contributed by atoms with E-state index in [9.17, 15) is 4.79 Å². The number of fused-ring (bicyclic) bond motifs is 1. The number of amides is 1. The Morgan fingerprint density at radius 3 is 2.89 bits per heavy atom. The van der Waals surface area contributed by atoms with Crippen molar-refractivity contribution in [1.29, 1.82) is 0 Å². The molecule has 0 radical (unpaired) electrons. The molecule has 1 atom stereocenters. The number of rotatable bonds is 1. The molecule has 1 N–H and O–H groups in total. The number of carbonyl (C=O) groups excluding carboxylic acids is 1. The van der Waals surface area contributed by atoms with Crippen LogP contribution in [0.15, 0.2) is 18.2 Å². The minimum absolute atomic E-state index is 0.00673. The van der Waals surface area contributed by atoms with Gasteiger partial charge in [0.05, 0.1) is 6.54 Å². The summed E-state index contributed by atoms with van der Waals surface area (Å²) in [6.45, 7) is 4.70. The fourth-order valence-corrected chi connectivity index (χ4v) is 2.81. The first kappa shape index (κ1) is 12.5. The van der Waals surface area contributed by atoms with Crippen LogP contribution >= 0.6 is 0 Å². The second-order valence-electron chi connectivity index (χ2n) is 6.11. The molecule has 2 aliphatic rings. The van der Waals surface area contributed by atoms with Crippen LogP contribution in [0.3, 0.4) is 0 Å². The number of nitrogens with one attached hydrogen (secondary N) is 1. The predicted molar refractivity (Wildman–Crippen MR) is 73.0 cm³/mol.